The number of rotatable bonds is 3. The number of thiazole rings is 1. The van der Waals surface area contributed by atoms with E-state index in [1.807, 2.05) is 0 Å². The molecule has 0 fully saturated rings. The lowest BCUT2D eigenvalue weighted by atomic mass is 9.97. The monoisotopic (exact) mass is 377 g/mol. The molecule has 1 amide bonds. The van der Waals surface area contributed by atoms with Gasteiger partial charge in [0, 0.05) is 28.9 Å². The summed E-state index contributed by atoms with van der Waals surface area (Å²) < 4.78 is 39.9. The molecule has 0 aliphatic rings. The zero-order valence-electron chi connectivity index (χ0n) is 13.9. The molecular weight excluding hydrogens is 363 g/mol. The van der Waals surface area contributed by atoms with Crippen LogP contribution in [-0.4, -0.2) is 15.9 Å². The zero-order valence-corrected chi connectivity index (χ0v) is 14.7. The second-order valence-corrected chi connectivity index (χ2v) is 6.59. The lowest BCUT2D eigenvalue weighted by molar-refractivity contribution is -0.137. The van der Waals surface area contributed by atoms with Gasteiger partial charge in [0.2, 0.25) is 0 Å². The normalized spacial score (nSPS) is 11.4. The van der Waals surface area contributed by atoms with Crippen LogP contribution in [0.25, 0.3) is 11.1 Å². The SMILES string of the molecule is Cc1csc(NC(=O)c2cc(-c3cnccc3C)cc(C(F)(F)F)c2)n1. The number of amides is 1. The number of pyridine rings is 1. The first-order valence-corrected chi connectivity index (χ1v) is 8.49. The summed E-state index contributed by atoms with van der Waals surface area (Å²) in [5, 5.41) is 4.62. The Morgan fingerprint density at radius 1 is 1.19 bits per heavy atom. The fourth-order valence-corrected chi connectivity index (χ4v) is 3.11. The predicted octanol–water partition coefficient (Wildman–Crippen LogP) is 5.09. The molecule has 0 aliphatic heterocycles. The third-order valence-electron chi connectivity index (χ3n) is 3.71. The minimum atomic E-state index is -4.57. The van der Waals surface area contributed by atoms with Crippen molar-refractivity contribution < 1.29 is 18.0 Å². The topological polar surface area (TPSA) is 54.9 Å². The van der Waals surface area contributed by atoms with Gasteiger partial charge in [0.05, 0.1) is 11.3 Å². The van der Waals surface area contributed by atoms with Crippen LogP contribution in [0.1, 0.15) is 27.2 Å². The summed E-state index contributed by atoms with van der Waals surface area (Å²) in [6, 6.07) is 4.99. The van der Waals surface area contributed by atoms with Crippen LogP contribution in [-0.2, 0) is 6.18 Å². The van der Waals surface area contributed by atoms with Crippen molar-refractivity contribution in [3.05, 3.63) is 64.4 Å². The van der Waals surface area contributed by atoms with E-state index < -0.39 is 17.6 Å². The first-order chi connectivity index (χ1) is 12.2. The molecule has 0 spiro atoms. The Balaban J connectivity index is 2.05. The number of nitrogens with one attached hydrogen (secondary N) is 1. The molecule has 134 valence electrons. The van der Waals surface area contributed by atoms with Crippen molar-refractivity contribution in [2.75, 3.05) is 5.32 Å². The minimum absolute atomic E-state index is 0.0917. The van der Waals surface area contributed by atoms with E-state index in [1.54, 1.807) is 31.5 Å². The lowest BCUT2D eigenvalue weighted by Crippen LogP contribution is -2.14. The number of nitrogens with zero attached hydrogens (tertiary/aromatic N) is 2. The summed E-state index contributed by atoms with van der Waals surface area (Å²) in [6.07, 6.45) is -1.53. The molecule has 3 rings (SSSR count). The van der Waals surface area contributed by atoms with Crippen LogP contribution in [0.5, 0.6) is 0 Å². The molecule has 0 unspecified atom stereocenters. The molecule has 2 aromatic heterocycles. The Labute approximate surface area is 151 Å². The first kappa shape index (κ1) is 18.1. The van der Waals surface area contributed by atoms with E-state index in [0.29, 0.717) is 10.7 Å². The van der Waals surface area contributed by atoms with E-state index in [-0.39, 0.29) is 11.1 Å². The van der Waals surface area contributed by atoms with E-state index in [1.165, 1.54) is 23.6 Å². The molecule has 0 radical (unpaired) electrons. The molecule has 0 atom stereocenters. The highest BCUT2D eigenvalue weighted by Crippen LogP contribution is 2.34. The van der Waals surface area contributed by atoms with Gasteiger partial charge in [0.15, 0.2) is 5.13 Å². The minimum Gasteiger partial charge on any atom is -0.298 e. The maximum Gasteiger partial charge on any atom is 0.416 e. The molecule has 2 heterocycles. The van der Waals surface area contributed by atoms with Gasteiger partial charge in [0.1, 0.15) is 0 Å². The van der Waals surface area contributed by atoms with Gasteiger partial charge in [0.25, 0.3) is 5.91 Å². The van der Waals surface area contributed by atoms with E-state index in [2.05, 4.69) is 15.3 Å². The highest BCUT2D eigenvalue weighted by molar-refractivity contribution is 7.13. The number of aromatic nitrogens is 2. The van der Waals surface area contributed by atoms with Crippen molar-refractivity contribution in [1.29, 1.82) is 0 Å². The summed E-state index contributed by atoms with van der Waals surface area (Å²) in [5.74, 6) is -0.645. The number of anilines is 1. The van der Waals surface area contributed by atoms with Gasteiger partial charge in [-0.05, 0) is 49.2 Å². The summed E-state index contributed by atoms with van der Waals surface area (Å²) in [6.45, 7) is 3.54. The highest BCUT2D eigenvalue weighted by Gasteiger charge is 2.32. The number of hydrogen-bond acceptors (Lipinski definition) is 4. The maximum atomic E-state index is 13.3. The second-order valence-electron chi connectivity index (χ2n) is 5.74. The average Bonchev–Trinajstić information content (AvgIpc) is 2.99. The molecule has 8 heteroatoms. The smallest absolute Gasteiger partial charge is 0.298 e. The number of hydrogen-bond donors (Lipinski definition) is 1. The molecule has 3 aromatic rings. The van der Waals surface area contributed by atoms with Crippen molar-refractivity contribution in [3.8, 4) is 11.1 Å². The summed E-state index contributed by atoms with van der Waals surface area (Å²) in [7, 11) is 0. The number of aryl methyl sites for hydroxylation is 2. The van der Waals surface area contributed by atoms with Gasteiger partial charge in [-0.3, -0.25) is 15.1 Å². The highest BCUT2D eigenvalue weighted by atomic mass is 32.1. The molecule has 4 nitrogen and oxygen atoms in total. The number of halogens is 3. The Hall–Kier alpha value is -2.74. The fraction of sp³-hybridized carbons (Fsp3) is 0.167. The van der Waals surface area contributed by atoms with Crippen molar-refractivity contribution in [1.82, 2.24) is 9.97 Å². The van der Waals surface area contributed by atoms with E-state index in [0.717, 1.165) is 23.4 Å². The second kappa shape index (κ2) is 6.87. The maximum absolute atomic E-state index is 13.3. The Morgan fingerprint density at radius 2 is 1.96 bits per heavy atom. The van der Waals surface area contributed by atoms with Gasteiger partial charge in [-0.15, -0.1) is 11.3 Å². The van der Waals surface area contributed by atoms with Gasteiger partial charge in [-0.1, -0.05) is 0 Å². The van der Waals surface area contributed by atoms with Crippen LogP contribution in [0.4, 0.5) is 18.3 Å². The molecule has 0 saturated carbocycles. The van der Waals surface area contributed by atoms with E-state index >= 15 is 0 Å². The van der Waals surface area contributed by atoms with Crippen LogP contribution >= 0.6 is 11.3 Å². The van der Waals surface area contributed by atoms with E-state index in [9.17, 15) is 18.0 Å². The molecule has 1 aromatic carbocycles. The molecule has 26 heavy (non-hydrogen) atoms. The summed E-state index contributed by atoms with van der Waals surface area (Å²) in [4.78, 5) is 20.5. The van der Waals surface area contributed by atoms with Crippen LogP contribution in [0.2, 0.25) is 0 Å². The van der Waals surface area contributed by atoms with Gasteiger partial charge in [-0.25, -0.2) is 4.98 Å². The standard InChI is InChI=1S/C18H14F3N3OS/c1-10-3-4-22-8-15(10)12-5-13(7-14(6-12)18(19,20)21)16(25)24-17-23-11(2)9-26-17/h3-9H,1-2H3,(H,23,24,25). The largest absolute Gasteiger partial charge is 0.416 e. The molecule has 0 bridgehead atoms. The summed E-state index contributed by atoms with van der Waals surface area (Å²) in [5.41, 5.74) is 1.33. The third kappa shape index (κ3) is 3.91. The van der Waals surface area contributed by atoms with E-state index in [4.69, 9.17) is 0 Å². The van der Waals surface area contributed by atoms with Crippen LogP contribution in [0.3, 0.4) is 0 Å². The predicted molar refractivity (Wildman–Crippen MR) is 94.2 cm³/mol. The Bertz CT molecular complexity index is 966. The van der Waals surface area contributed by atoms with Gasteiger partial charge in [-0.2, -0.15) is 13.2 Å². The first-order valence-electron chi connectivity index (χ1n) is 7.61. The Kier molecular flexibility index (Phi) is 4.78. The summed E-state index contributed by atoms with van der Waals surface area (Å²) >= 11 is 1.21. The lowest BCUT2D eigenvalue weighted by Gasteiger charge is -2.13. The van der Waals surface area contributed by atoms with Crippen molar-refractivity contribution in [3.63, 3.8) is 0 Å². The number of carbonyl (C=O) groups excluding carboxylic acids is 1. The molecular formula is C18H14F3N3OS. The van der Waals surface area contributed by atoms with Crippen molar-refractivity contribution >= 4 is 22.4 Å². The number of benzene rings is 1. The molecule has 0 saturated heterocycles. The number of carbonyl (C=O) groups is 1. The molecule has 0 aliphatic carbocycles. The average molecular weight is 377 g/mol. The van der Waals surface area contributed by atoms with Gasteiger partial charge < -0.3 is 0 Å². The Morgan fingerprint density at radius 3 is 2.58 bits per heavy atom. The fourth-order valence-electron chi connectivity index (χ4n) is 2.42. The van der Waals surface area contributed by atoms with Crippen LogP contribution < -0.4 is 5.32 Å². The quantitative estimate of drug-likeness (QED) is 0.691. The number of alkyl halides is 3. The van der Waals surface area contributed by atoms with Crippen molar-refractivity contribution in [2.45, 2.75) is 20.0 Å². The van der Waals surface area contributed by atoms with Crippen LogP contribution in [0, 0.1) is 13.8 Å². The zero-order chi connectivity index (χ0) is 18.9. The van der Waals surface area contributed by atoms with Crippen LogP contribution in [0.15, 0.2) is 42.0 Å². The molecule has 1 N–H and O–H groups in total. The van der Waals surface area contributed by atoms with Gasteiger partial charge >= 0.3 is 6.18 Å². The van der Waals surface area contributed by atoms with Crippen molar-refractivity contribution in [2.24, 2.45) is 0 Å². The third-order valence-corrected chi connectivity index (χ3v) is 4.59.